The Morgan fingerprint density at radius 1 is 1.00 bits per heavy atom. The minimum Gasteiger partial charge on any atom is -0.294 e. The number of hydrogen-bond donors (Lipinski definition) is 0. The minimum absolute atomic E-state index is 0.185. The van der Waals surface area contributed by atoms with Gasteiger partial charge in [-0.2, -0.15) is 0 Å². The number of carbonyl (C=O) groups is 1. The van der Waals surface area contributed by atoms with Crippen LogP contribution >= 0.6 is 0 Å². The van der Waals surface area contributed by atoms with E-state index in [0.29, 0.717) is 6.42 Å². The van der Waals surface area contributed by atoms with Crippen molar-refractivity contribution in [3.63, 3.8) is 0 Å². The molecule has 1 aliphatic heterocycles. The van der Waals surface area contributed by atoms with Gasteiger partial charge in [0.05, 0.1) is 0 Å². The number of nitrogens with zero attached hydrogens (tertiary/aromatic N) is 1. The fourth-order valence-electron chi connectivity index (χ4n) is 2.16. The van der Waals surface area contributed by atoms with Gasteiger partial charge in [0, 0.05) is 18.3 Å². The maximum Gasteiger partial charge on any atom is 0.162 e. The Balaban J connectivity index is 1.61. The molecule has 0 bridgehead atoms. The van der Waals surface area contributed by atoms with Crippen LogP contribution in [0.4, 0.5) is 0 Å². The highest BCUT2D eigenvalue weighted by atomic mass is 16.1. The summed E-state index contributed by atoms with van der Waals surface area (Å²) in [7, 11) is 0. The number of unbranched alkanes of at least 4 members (excludes halogenated alkanes) is 2. The number of benzene rings is 1. The molecule has 2 nitrogen and oxygen atoms in total. The summed E-state index contributed by atoms with van der Waals surface area (Å²) in [5, 5.41) is 0. The quantitative estimate of drug-likeness (QED) is 0.698. The van der Waals surface area contributed by atoms with E-state index in [-0.39, 0.29) is 5.78 Å². The van der Waals surface area contributed by atoms with Crippen molar-refractivity contribution < 1.29 is 4.79 Å². The first kappa shape index (κ1) is 12.7. The van der Waals surface area contributed by atoms with Gasteiger partial charge in [-0.1, -0.05) is 36.8 Å². The number of rotatable bonds is 6. The van der Waals surface area contributed by atoms with E-state index in [1.807, 2.05) is 0 Å². The summed E-state index contributed by atoms with van der Waals surface area (Å²) in [6, 6.07) is 10.6. The zero-order chi connectivity index (χ0) is 12.6. The third-order valence-corrected chi connectivity index (χ3v) is 3.17. The highest BCUT2D eigenvalue weighted by Gasteiger charge is 2.07. The van der Waals surface area contributed by atoms with Crippen molar-refractivity contribution in [2.75, 3.05) is 0 Å². The Morgan fingerprint density at radius 3 is 2.56 bits per heavy atom. The molecule has 0 saturated carbocycles. The van der Waals surface area contributed by atoms with Crippen molar-refractivity contribution in [2.24, 2.45) is 4.99 Å². The number of ketones is 1. The van der Waals surface area contributed by atoms with Crippen LogP contribution in [-0.2, 0) is 11.2 Å². The van der Waals surface area contributed by atoms with Gasteiger partial charge in [-0.3, -0.25) is 9.79 Å². The van der Waals surface area contributed by atoms with E-state index in [0.717, 1.165) is 25.0 Å². The Hall–Kier alpha value is -1.70. The molecule has 1 heterocycles. The maximum atomic E-state index is 11.2. The zero-order valence-corrected chi connectivity index (χ0v) is 10.6. The zero-order valence-electron chi connectivity index (χ0n) is 10.6. The molecule has 0 spiro atoms. The lowest BCUT2D eigenvalue weighted by Gasteiger charge is -2.06. The van der Waals surface area contributed by atoms with Gasteiger partial charge in [0.2, 0.25) is 0 Å². The average Bonchev–Trinajstić information content (AvgIpc) is 2.40. The molecule has 0 unspecified atom stereocenters. The molecular weight excluding hydrogens is 222 g/mol. The lowest BCUT2D eigenvalue weighted by atomic mass is 10.0. The molecule has 0 fully saturated rings. The maximum absolute atomic E-state index is 11.2. The predicted octanol–water partition coefficient (Wildman–Crippen LogP) is 3.72. The van der Waals surface area contributed by atoms with Crippen LogP contribution in [-0.4, -0.2) is 11.5 Å². The predicted molar refractivity (Wildman–Crippen MR) is 74.8 cm³/mol. The third kappa shape index (κ3) is 4.28. The van der Waals surface area contributed by atoms with E-state index in [9.17, 15) is 4.79 Å². The molecule has 2 rings (SSSR count). The number of aliphatic imine (C=N–C) groups is 1. The number of carbonyl (C=O) groups excluding carboxylic acids is 1. The summed E-state index contributed by atoms with van der Waals surface area (Å²) in [5.74, 6) is 0.185. The molecule has 0 aliphatic carbocycles. The number of aryl methyl sites for hydroxylation is 1. The summed E-state index contributed by atoms with van der Waals surface area (Å²) in [5.41, 5.74) is 2.45. The summed E-state index contributed by atoms with van der Waals surface area (Å²) in [6.45, 7) is 0. The third-order valence-electron chi connectivity index (χ3n) is 3.17. The molecule has 1 aromatic rings. The molecule has 18 heavy (non-hydrogen) atoms. The van der Waals surface area contributed by atoms with E-state index >= 15 is 0 Å². The first-order valence-electron chi connectivity index (χ1n) is 6.63. The van der Waals surface area contributed by atoms with Gasteiger partial charge in [-0.25, -0.2) is 0 Å². The highest BCUT2D eigenvalue weighted by Crippen LogP contribution is 2.11. The van der Waals surface area contributed by atoms with Crippen LogP contribution in [0.3, 0.4) is 0 Å². The van der Waals surface area contributed by atoms with Gasteiger partial charge in [-0.05, 0) is 37.3 Å². The summed E-state index contributed by atoms with van der Waals surface area (Å²) < 4.78 is 0. The van der Waals surface area contributed by atoms with Crippen LogP contribution < -0.4 is 0 Å². The molecule has 1 aromatic carbocycles. The molecular formula is C16H19NO. The van der Waals surface area contributed by atoms with Gasteiger partial charge in [0.15, 0.2) is 5.78 Å². The van der Waals surface area contributed by atoms with Gasteiger partial charge < -0.3 is 0 Å². The number of allylic oxidation sites excluding steroid dienone is 1. The van der Waals surface area contributed by atoms with E-state index in [1.54, 1.807) is 12.3 Å². The second-order valence-corrected chi connectivity index (χ2v) is 4.70. The summed E-state index contributed by atoms with van der Waals surface area (Å²) in [6.07, 6.45) is 9.36. The van der Waals surface area contributed by atoms with Crippen LogP contribution in [0.2, 0.25) is 0 Å². The van der Waals surface area contributed by atoms with Crippen LogP contribution in [0.5, 0.6) is 0 Å². The Kier molecular flexibility index (Phi) is 4.88. The Labute approximate surface area is 108 Å². The Morgan fingerprint density at radius 2 is 1.78 bits per heavy atom. The second-order valence-electron chi connectivity index (χ2n) is 4.70. The first-order chi connectivity index (χ1) is 8.84. The van der Waals surface area contributed by atoms with Crippen molar-refractivity contribution in [2.45, 2.75) is 38.5 Å². The molecule has 94 valence electrons. The first-order valence-corrected chi connectivity index (χ1v) is 6.63. The molecule has 0 saturated heterocycles. The lowest BCUT2D eigenvalue weighted by molar-refractivity contribution is -0.113. The van der Waals surface area contributed by atoms with Gasteiger partial charge in [0.1, 0.15) is 0 Å². The molecule has 0 N–H and O–H groups in total. The van der Waals surface area contributed by atoms with Crippen LogP contribution in [0.25, 0.3) is 0 Å². The molecule has 0 aromatic heterocycles. The van der Waals surface area contributed by atoms with Crippen molar-refractivity contribution in [3.8, 4) is 0 Å². The monoisotopic (exact) mass is 241 g/mol. The van der Waals surface area contributed by atoms with Gasteiger partial charge in [-0.15, -0.1) is 0 Å². The SMILES string of the molecule is O=C1C=CN=C(CCCCCc2ccccc2)C1. The van der Waals surface area contributed by atoms with Crippen molar-refractivity contribution in [3.05, 3.63) is 48.2 Å². The summed E-state index contributed by atoms with van der Waals surface area (Å²) >= 11 is 0. The average molecular weight is 241 g/mol. The van der Waals surface area contributed by atoms with E-state index in [4.69, 9.17) is 0 Å². The van der Waals surface area contributed by atoms with Crippen molar-refractivity contribution in [1.29, 1.82) is 0 Å². The fourth-order valence-corrected chi connectivity index (χ4v) is 2.16. The summed E-state index contributed by atoms with van der Waals surface area (Å²) in [4.78, 5) is 15.4. The molecule has 0 atom stereocenters. The van der Waals surface area contributed by atoms with Crippen LogP contribution in [0, 0.1) is 0 Å². The topological polar surface area (TPSA) is 29.4 Å². The van der Waals surface area contributed by atoms with Crippen molar-refractivity contribution >= 4 is 11.5 Å². The standard InChI is InChI=1S/C16H19NO/c18-16-11-12-17-15(13-16)10-6-2-5-9-14-7-3-1-4-8-14/h1,3-4,7-8,11-12H,2,5-6,9-10,13H2. The van der Waals surface area contributed by atoms with Gasteiger partial charge in [0.25, 0.3) is 0 Å². The highest BCUT2D eigenvalue weighted by molar-refractivity contribution is 6.08. The fraction of sp³-hybridized carbons (Fsp3) is 0.375. The normalized spacial score (nSPS) is 14.7. The van der Waals surface area contributed by atoms with Crippen LogP contribution in [0.1, 0.15) is 37.7 Å². The molecule has 2 heteroatoms. The molecule has 0 radical (unpaired) electrons. The van der Waals surface area contributed by atoms with Gasteiger partial charge >= 0.3 is 0 Å². The van der Waals surface area contributed by atoms with E-state index in [1.165, 1.54) is 18.4 Å². The molecule has 0 amide bonds. The number of hydrogen-bond acceptors (Lipinski definition) is 2. The van der Waals surface area contributed by atoms with Crippen LogP contribution in [0.15, 0.2) is 47.6 Å². The van der Waals surface area contributed by atoms with Crippen molar-refractivity contribution in [1.82, 2.24) is 0 Å². The lowest BCUT2D eigenvalue weighted by Crippen LogP contribution is -2.08. The second kappa shape index (κ2) is 6.90. The largest absolute Gasteiger partial charge is 0.294 e. The molecule has 1 aliphatic rings. The van der Waals surface area contributed by atoms with E-state index in [2.05, 4.69) is 35.3 Å². The van der Waals surface area contributed by atoms with E-state index < -0.39 is 0 Å². The minimum atomic E-state index is 0.185. The Bertz CT molecular complexity index is 445. The smallest absolute Gasteiger partial charge is 0.162 e.